The van der Waals surface area contributed by atoms with Gasteiger partial charge in [-0.25, -0.2) is 22.8 Å². The van der Waals surface area contributed by atoms with Gasteiger partial charge in [0, 0.05) is 35.9 Å². The van der Waals surface area contributed by atoms with Gasteiger partial charge < -0.3 is 4.90 Å². The molecule has 0 bridgehead atoms. The summed E-state index contributed by atoms with van der Waals surface area (Å²) in [7, 11) is 0. The van der Waals surface area contributed by atoms with Gasteiger partial charge in [0.2, 0.25) is 0 Å². The minimum atomic E-state index is -0.958. The Morgan fingerprint density at radius 1 is 0.949 bits per heavy atom. The highest BCUT2D eigenvalue weighted by atomic mass is 19.1. The Kier molecular flexibility index (Phi) is 5.17. The first-order chi connectivity index (χ1) is 18.9. The average molecular weight is 525 g/mol. The largest absolute Gasteiger partial charge is 0.336 e. The SMILES string of the molecule is Cc1cc2c(cnn2-c2ccc(F)cc2)cc1[C@]12CN(C(=O)c3ncc(F)cc3F)C[C@H]1[C@@H]2c1ccccc1. The third-order valence-electron chi connectivity index (χ3n) is 8.32. The number of likely N-dealkylation sites (tertiary alicyclic amines) is 1. The van der Waals surface area contributed by atoms with E-state index in [4.69, 9.17) is 0 Å². The smallest absolute Gasteiger partial charge is 0.275 e. The molecule has 1 aliphatic carbocycles. The van der Waals surface area contributed by atoms with Crippen molar-refractivity contribution in [3.63, 3.8) is 0 Å². The lowest BCUT2D eigenvalue weighted by atomic mass is 9.86. The van der Waals surface area contributed by atoms with E-state index in [1.165, 1.54) is 17.7 Å². The van der Waals surface area contributed by atoms with E-state index in [0.717, 1.165) is 33.9 Å². The van der Waals surface area contributed by atoms with Gasteiger partial charge in [-0.05, 0) is 65.9 Å². The zero-order valence-corrected chi connectivity index (χ0v) is 21.0. The Morgan fingerprint density at radius 2 is 1.72 bits per heavy atom. The number of benzene rings is 3. The van der Waals surface area contributed by atoms with E-state index in [2.05, 4.69) is 41.3 Å². The van der Waals surface area contributed by atoms with Crippen LogP contribution in [-0.4, -0.2) is 38.7 Å². The minimum Gasteiger partial charge on any atom is -0.336 e. The number of nitrogens with zero attached hydrogens (tertiary/aromatic N) is 4. The number of hydrogen-bond acceptors (Lipinski definition) is 3. The molecule has 1 saturated heterocycles. The maximum Gasteiger partial charge on any atom is 0.275 e. The Labute approximate surface area is 222 Å². The van der Waals surface area contributed by atoms with Gasteiger partial charge in [0.15, 0.2) is 11.5 Å². The Bertz CT molecular complexity index is 1750. The van der Waals surface area contributed by atoms with Crippen molar-refractivity contribution >= 4 is 16.8 Å². The van der Waals surface area contributed by atoms with Crippen molar-refractivity contribution in [1.82, 2.24) is 19.7 Å². The zero-order valence-electron chi connectivity index (χ0n) is 21.0. The molecule has 1 saturated carbocycles. The topological polar surface area (TPSA) is 51.0 Å². The Hall–Kier alpha value is -4.46. The van der Waals surface area contributed by atoms with Crippen LogP contribution in [0.3, 0.4) is 0 Å². The Balaban J connectivity index is 1.30. The number of rotatable bonds is 4. The fraction of sp³-hybridized carbons (Fsp3) is 0.194. The molecule has 3 atom stereocenters. The summed E-state index contributed by atoms with van der Waals surface area (Å²) in [5.41, 5.74) is 4.31. The molecule has 7 rings (SSSR count). The first kappa shape index (κ1) is 23.6. The monoisotopic (exact) mass is 524 g/mol. The second-order valence-electron chi connectivity index (χ2n) is 10.5. The normalized spacial score (nSPS) is 21.8. The molecule has 2 aliphatic rings. The first-order valence-corrected chi connectivity index (χ1v) is 12.8. The molecule has 3 heterocycles. The molecule has 39 heavy (non-hydrogen) atoms. The van der Waals surface area contributed by atoms with Crippen molar-refractivity contribution in [2.24, 2.45) is 5.92 Å². The van der Waals surface area contributed by atoms with E-state index in [0.29, 0.717) is 19.2 Å². The summed E-state index contributed by atoms with van der Waals surface area (Å²) in [4.78, 5) is 18.7. The number of piperidine rings is 1. The van der Waals surface area contributed by atoms with Crippen molar-refractivity contribution in [3.05, 3.63) is 125 Å². The molecule has 0 radical (unpaired) electrons. The molecule has 2 fully saturated rings. The van der Waals surface area contributed by atoms with E-state index in [1.54, 1.807) is 27.9 Å². The van der Waals surface area contributed by atoms with Crippen LogP contribution in [0.2, 0.25) is 0 Å². The van der Waals surface area contributed by atoms with Crippen molar-refractivity contribution < 1.29 is 18.0 Å². The van der Waals surface area contributed by atoms with Crippen molar-refractivity contribution in [1.29, 1.82) is 0 Å². The number of aryl methyl sites for hydroxylation is 1. The molecule has 5 aromatic rings. The molecule has 0 unspecified atom stereocenters. The summed E-state index contributed by atoms with van der Waals surface area (Å²) in [5, 5.41) is 5.50. The number of fused-ring (bicyclic) bond motifs is 2. The summed E-state index contributed by atoms with van der Waals surface area (Å²) < 4.78 is 43.2. The summed E-state index contributed by atoms with van der Waals surface area (Å²) in [6.07, 6.45) is 2.66. The standard InChI is InChI=1S/C31H23F3N4O/c1-18-11-27-20(14-36-38(27)23-9-7-21(32)8-10-23)12-24(18)31-17-37(30(39)29-26(34)13-22(33)15-35-29)16-25(31)28(31)19-5-3-2-4-6-19/h2-15,25,28H,16-17H2,1H3/t25-,28-,31+/m0/s1. The lowest BCUT2D eigenvalue weighted by Crippen LogP contribution is -2.35. The molecule has 0 N–H and O–H groups in total. The van der Waals surface area contributed by atoms with E-state index >= 15 is 0 Å². The number of carbonyl (C=O) groups is 1. The van der Waals surface area contributed by atoms with Gasteiger partial charge >= 0.3 is 0 Å². The summed E-state index contributed by atoms with van der Waals surface area (Å²) in [6, 6.07) is 21.3. The van der Waals surface area contributed by atoms with Crippen molar-refractivity contribution in [2.45, 2.75) is 18.3 Å². The molecule has 194 valence electrons. The second kappa shape index (κ2) is 8.53. The highest BCUT2D eigenvalue weighted by molar-refractivity contribution is 5.93. The molecule has 8 heteroatoms. The van der Waals surface area contributed by atoms with Crippen LogP contribution in [-0.2, 0) is 5.41 Å². The van der Waals surface area contributed by atoms with Gasteiger partial charge in [-0.1, -0.05) is 30.3 Å². The van der Waals surface area contributed by atoms with Crippen LogP contribution >= 0.6 is 0 Å². The number of pyridine rings is 1. The molecule has 3 aromatic carbocycles. The van der Waals surface area contributed by atoms with E-state index < -0.39 is 17.5 Å². The van der Waals surface area contributed by atoms with Crippen molar-refractivity contribution in [3.8, 4) is 5.69 Å². The van der Waals surface area contributed by atoms with E-state index in [1.807, 2.05) is 18.2 Å². The number of amides is 1. The van der Waals surface area contributed by atoms with E-state index in [-0.39, 0.29) is 28.8 Å². The van der Waals surface area contributed by atoms with Gasteiger partial charge in [0.25, 0.3) is 5.91 Å². The number of hydrogen-bond donors (Lipinski definition) is 0. The van der Waals surface area contributed by atoms with Crippen LogP contribution < -0.4 is 0 Å². The Morgan fingerprint density at radius 3 is 2.46 bits per heavy atom. The summed E-state index contributed by atoms with van der Waals surface area (Å²) in [6.45, 7) is 2.89. The third-order valence-corrected chi connectivity index (χ3v) is 8.32. The molecule has 5 nitrogen and oxygen atoms in total. The summed E-state index contributed by atoms with van der Waals surface area (Å²) in [5.74, 6) is -2.30. The van der Waals surface area contributed by atoms with Gasteiger partial charge in [0.05, 0.1) is 23.6 Å². The molecule has 0 spiro atoms. The van der Waals surface area contributed by atoms with Crippen LogP contribution in [0, 0.1) is 30.3 Å². The third kappa shape index (κ3) is 3.58. The second-order valence-corrected chi connectivity index (χ2v) is 10.5. The van der Waals surface area contributed by atoms with Gasteiger partial charge in [-0.15, -0.1) is 0 Å². The average Bonchev–Trinajstić information content (AvgIpc) is 3.19. The van der Waals surface area contributed by atoms with Crippen LogP contribution in [0.4, 0.5) is 13.2 Å². The van der Waals surface area contributed by atoms with Crippen LogP contribution in [0.25, 0.3) is 16.6 Å². The van der Waals surface area contributed by atoms with Gasteiger partial charge in [0.1, 0.15) is 11.6 Å². The maximum atomic E-state index is 14.4. The fourth-order valence-electron chi connectivity index (χ4n) is 6.61. The minimum absolute atomic E-state index is 0.135. The quantitative estimate of drug-likeness (QED) is 0.292. The molecule has 1 amide bonds. The molecule has 1 aliphatic heterocycles. The number of aromatic nitrogens is 3. The number of carbonyl (C=O) groups excluding carboxylic acids is 1. The molecular weight excluding hydrogens is 501 g/mol. The van der Waals surface area contributed by atoms with Crippen LogP contribution in [0.1, 0.15) is 33.1 Å². The van der Waals surface area contributed by atoms with Crippen LogP contribution in [0.5, 0.6) is 0 Å². The van der Waals surface area contributed by atoms with Gasteiger partial charge in [-0.2, -0.15) is 5.10 Å². The predicted octanol–water partition coefficient (Wildman–Crippen LogP) is 5.95. The summed E-state index contributed by atoms with van der Waals surface area (Å²) >= 11 is 0. The van der Waals surface area contributed by atoms with E-state index in [9.17, 15) is 18.0 Å². The number of halogens is 3. The highest BCUT2D eigenvalue weighted by Crippen LogP contribution is 2.69. The molecule has 2 aromatic heterocycles. The zero-order chi connectivity index (χ0) is 26.9. The lowest BCUT2D eigenvalue weighted by Gasteiger charge is -2.25. The predicted molar refractivity (Wildman–Crippen MR) is 140 cm³/mol. The molecular formula is C31H23F3N4O. The maximum absolute atomic E-state index is 14.4. The lowest BCUT2D eigenvalue weighted by molar-refractivity contribution is 0.0758. The van der Waals surface area contributed by atoms with Crippen LogP contribution in [0.15, 0.2) is 85.2 Å². The highest BCUT2D eigenvalue weighted by Gasteiger charge is 2.71. The first-order valence-electron chi connectivity index (χ1n) is 12.8. The van der Waals surface area contributed by atoms with Gasteiger partial charge in [-0.3, -0.25) is 4.79 Å². The van der Waals surface area contributed by atoms with Crippen molar-refractivity contribution in [2.75, 3.05) is 13.1 Å². The fourth-order valence-corrected chi connectivity index (χ4v) is 6.61.